The first kappa shape index (κ1) is 25.0. The normalized spacial score (nSPS) is 21.6. The van der Waals surface area contributed by atoms with Crippen molar-refractivity contribution in [2.45, 2.75) is 11.3 Å². The lowest BCUT2D eigenvalue weighted by Crippen LogP contribution is -2.52. The summed E-state index contributed by atoms with van der Waals surface area (Å²) in [4.78, 5) is 7.58. The van der Waals surface area contributed by atoms with Gasteiger partial charge in [-0.05, 0) is 54.1 Å². The van der Waals surface area contributed by atoms with Crippen LogP contribution in [0.3, 0.4) is 0 Å². The lowest BCUT2D eigenvalue weighted by Gasteiger charge is -2.37. The fourth-order valence-electron chi connectivity index (χ4n) is 4.75. The van der Waals surface area contributed by atoms with Crippen LogP contribution < -0.4 is 9.64 Å². The topological polar surface area (TPSA) is 62.3 Å². The van der Waals surface area contributed by atoms with Gasteiger partial charge in [-0.15, -0.1) is 0 Å². The fourth-order valence-corrected chi connectivity index (χ4v) is 6.82. The molecule has 36 heavy (non-hydrogen) atoms. The number of hydrogen-bond acceptors (Lipinski definition) is 6. The Morgan fingerprint density at radius 2 is 1.67 bits per heavy atom. The second kappa shape index (κ2) is 10.4. The number of sulfonamides is 1. The number of hydroxylamine groups is 2. The first-order valence-corrected chi connectivity index (χ1v) is 13.6. The number of halogens is 2. The van der Waals surface area contributed by atoms with Gasteiger partial charge >= 0.3 is 0 Å². The van der Waals surface area contributed by atoms with Crippen LogP contribution in [0.5, 0.6) is 11.5 Å². The summed E-state index contributed by atoms with van der Waals surface area (Å²) in [7, 11) is -1.95. The minimum absolute atomic E-state index is 0.0549. The molecule has 0 radical (unpaired) electrons. The molecule has 3 aromatic rings. The standard InChI is InChI=1S/C26H27ClFN3O4S/c1-29-26(19-5-4-6-22(17-19)35-21-11-9-20(27)10-12-21)25(18-34-29)36(32,33)31-15-13-30(14-16-31)24-8-3-2-7-23(24)28/h2-12,17,25-26H,13-16,18H2,1H3. The van der Waals surface area contributed by atoms with Gasteiger partial charge in [0.2, 0.25) is 10.0 Å². The van der Waals surface area contributed by atoms with Crippen molar-refractivity contribution in [2.24, 2.45) is 0 Å². The molecule has 2 heterocycles. The molecule has 5 rings (SSSR count). The molecule has 0 spiro atoms. The van der Waals surface area contributed by atoms with Gasteiger partial charge in [0.25, 0.3) is 0 Å². The Labute approximate surface area is 215 Å². The predicted octanol–water partition coefficient (Wildman–Crippen LogP) is 4.71. The van der Waals surface area contributed by atoms with Crippen molar-refractivity contribution >= 4 is 27.3 Å². The molecule has 2 aliphatic rings. The van der Waals surface area contributed by atoms with Crippen LogP contribution in [-0.2, 0) is 14.9 Å². The first-order valence-electron chi connectivity index (χ1n) is 11.7. The molecule has 3 aromatic carbocycles. The summed E-state index contributed by atoms with van der Waals surface area (Å²) in [5.74, 6) is 0.912. The highest BCUT2D eigenvalue weighted by Gasteiger charge is 2.46. The lowest BCUT2D eigenvalue weighted by atomic mass is 10.0. The molecule has 2 aliphatic heterocycles. The second-order valence-corrected chi connectivity index (χ2v) is 11.4. The third-order valence-electron chi connectivity index (χ3n) is 6.61. The van der Waals surface area contributed by atoms with E-state index in [1.54, 1.807) is 54.6 Å². The smallest absolute Gasteiger partial charge is 0.221 e. The van der Waals surface area contributed by atoms with Crippen LogP contribution in [0.1, 0.15) is 11.6 Å². The molecular formula is C26H27ClFN3O4S. The highest BCUT2D eigenvalue weighted by molar-refractivity contribution is 7.89. The van der Waals surface area contributed by atoms with E-state index in [0.717, 1.165) is 5.56 Å². The maximum atomic E-state index is 14.2. The summed E-state index contributed by atoms with van der Waals surface area (Å²) < 4.78 is 49.1. The minimum atomic E-state index is -3.69. The zero-order chi connectivity index (χ0) is 25.3. The number of para-hydroxylation sites is 1. The summed E-state index contributed by atoms with van der Waals surface area (Å²) in [6, 6.07) is 20.5. The van der Waals surface area contributed by atoms with Crippen LogP contribution in [0, 0.1) is 5.82 Å². The van der Waals surface area contributed by atoms with Crippen LogP contribution in [0.2, 0.25) is 5.02 Å². The average Bonchev–Trinajstić information content (AvgIpc) is 3.28. The lowest BCUT2D eigenvalue weighted by molar-refractivity contribution is -0.110. The van der Waals surface area contributed by atoms with Gasteiger partial charge in [-0.3, -0.25) is 4.84 Å². The Morgan fingerprint density at radius 3 is 2.39 bits per heavy atom. The highest BCUT2D eigenvalue weighted by Crippen LogP contribution is 2.37. The van der Waals surface area contributed by atoms with Gasteiger partial charge in [0.15, 0.2) is 0 Å². The van der Waals surface area contributed by atoms with E-state index < -0.39 is 21.3 Å². The molecule has 190 valence electrons. The van der Waals surface area contributed by atoms with E-state index >= 15 is 0 Å². The van der Waals surface area contributed by atoms with Gasteiger partial charge < -0.3 is 9.64 Å². The summed E-state index contributed by atoms with van der Waals surface area (Å²) in [5.41, 5.74) is 1.27. The second-order valence-electron chi connectivity index (χ2n) is 8.84. The molecule has 2 unspecified atom stereocenters. The van der Waals surface area contributed by atoms with E-state index in [4.69, 9.17) is 21.2 Å². The molecule has 0 saturated carbocycles. The SMILES string of the molecule is CN1OCC(S(=O)(=O)N2CCN(c3ccccc3F)CC2)C1c1cccc(Oc2ccc(Cl)cc2)c1. The molecular weight excluding hydrogens is 505 g/mol. The summed E-state index contributed by atoms with van der Waals surface area (Å²) in [5, 5.41) is 1.43. The summed E-state index contributed by atoms with van der Waals surface area (Å²) >= 11 is 5.96. The maximum Gasteiger partial charge on any atom is 0.221 e. The molecule has 0 N–H and O–H groups in total. The van der Waals surface area contributed by atoms with Gasteiger partial charge in [-0.2, -0.15) is 9.37 Å². The van der Waals surface area contributed by atoms with Crippen molar-refractivity contribution in [2.75, 3.05) is 44.7 Å². The molecule has 0 aromatic heterocycles. The average molecular weight is 532 g/mol. The number of hydrogen-bond donors (Lipinski definition) is 0. The van der Waals surface area contributed by atoms with Crippen LogP contribution in [0.4, 0.5) is 10.1 Å². The van der Waals surface area contributed by atoms with Crippen molar-refractivity contribution in [3.8, 4) is 11.5 Å². The van der Waals surface area contributed by atoms with Gasteiger partial charge in [-0.25, -0.2) is 12.8 Å². The zero-order valence-corrected chi connectivity index (χ0v) is 21.3. The predicted molar refractivity (Wildman–Crippen MR) is 137 cm³/mol. The number of piperazine rings is 1. The summed E-state index contributed by atoms with van der Waals surface area (Å²) in [6.07, 6.45) is 0. The maximum absolute atomic E-state index is 14.2. The zero-order valence-electron chi connectivity index (χ0n) is 19.8. The third kappa shape index (κ3) is 5.07. The van der Waals surface area contributed by atoms with Crippen LogP contribution in [0.25, 0.3) is 0 Å². The van der Waals surface area contributed by atoms with Crippen LogP contribution in [0.15, 0.2) is 72.8 Å². The summed E-state index contributed by atoms with van der Waals surface area (Å²) in [6.45, 7) is 1.45. The van der Waals surface area contributed by atoms with Crippen molar-refractivity contribution in [1.29, 1.82) is 0 Å². The Morgan fingerprint density at radius 1 is 0.944 bits per heavy atom. The van der Waals surface area contributed by atoms with E-state index in [9.17, 15) is 12.8 Å². The van der Waals surface area contributed by atoms with E-state index in [1.165, 1.54) is 10.4 Å². The molecule has 0 amide bonds. The molecule has 7 nitrogen and oxygen atoms in total. The van der Waals surface area contributed by atoms with Crippen LogP contribution in [-0.4, -0.2) is 62.9 Å². The number of anilines is 1. The highest BCUT2D eigenvalue weighted by atomic mass is 35.5. The molecule has 2 atom stereocenters. The van der Waals surface area contributed by atoms with E-state index in [1.807, 2.05) is 29.2 Å². The van der Waals surface area contributed by atoms with E-state index in [-0.39, 0.29) is 25.5 Å². The molecule has 2 fully saturated rings. The van der Waals surface area contributed by atoms with E-state index in [0.29, 0.717) is 35.3 Å². The number of nitrogens with zero attached hydrogens (tertiary/aromatic N) is 3. The van der Waals surface area contributed by atoms with Crippen LogP contribution >= 0.6 is 11.6 Å². The molecule has 0 bridgehead atoms. The molecule has 0 aliphatic carbocycles. The van der Waals surface area contributed by atoms with Gasteiger partial charge in [-0.1, -0.05) is 35.9 Å². The van der Waals surface area contributed by atoms with Gasteiger partial charge in [0.05, 0.1) is 18.3 Å². The van der Waals surface area contributed by atoms with Crippen molar-refractivity contribution in [3.63, 3.8) is 0 Å². The van der Waals surface area contributed by atoms with E-state index in [2.05, 4.69) is 0 Å². The monoisotopic (exact) mass is 531 g/mol. The fraction of sp³-hybridized carbons (Fsp3) is 0.308. The number of rotatable bonds is 6. The number of ether oxygens (including phenoxy) is 1. The first-order chi connectivity index (χ1) is 17.3. The van der Waals surface area contributed by atoms with Crippen molar-refractivity contribution in [1.82, 2.24) is 9.37 Å². The van der Waals surface area contributed by atoms with Gasteiger partial charge in [0.1, 0.15) is 22.6 Å². The van der Waals surface area contributed by atoms with Gasteiger partial charge in [0, 0.05) is 38.2 Å². The molecule has 2 saturated heterocycles. The Kier molecular flexibility index (Phi) is 7.18. The number of benzene rings is 3. The largest absolute Gasteiger partial charge is 0.457 e. The Balaban J connectivity index is 1.32. The molecule has 10 heteroatoms. The minimum Gasteiger partial charge on any atom is -0.457 e. The van der Waals surface area contributed by atoms with Crippen molar-refractivity contribution in [3.05, 3.63) is 89.2 Å². The Bertz CT molecular complexity index is 1320. The Hall–Kier alpha value is -2.69. The quantitative estimate of drug-likeness (QED) is 0.459. The van der Waals surface area contributed by atoms with Crippen molar-refractivity contribution < 1.29 is 22.4 Å². The third-order valence-corrected chi connectivity index (χ3v) is 9.11.